The molecule has 104 valence electrons. The monoisotopic (exact) mass is 272 g/mol. The number of nitrogens with one attached hydrogen (secondary N) is 3. The third-order valence-corrected chi connectivity index (χ3v) is 4.68. The van der Waals surface area contributed by atoms with Gasteiger partial charge in [0.15, 0.2) is 5.65 Å². The Morgan fingerprint density at radius 3 is 2.95 bits per heavy atom. The number of aromatic amines is 2. The molecule has 3 atom stereocenters. The number of carbonyl (C=O) groups excluding carboxylic acids is 1. The Kier molecular flexibility index (Phi) is 2.45. The van der Waals surface area contributed by atoms with Gasteiger partial charge in [-0.2, -0.15) is 0 Å². The zero-order chi connectivity index (χ0) is 13.7. The molecule has 2 aliphatic rings. The first-order valence-corrected chi connectivity index (χ1v) is 7.08. The molecule has 3 N–H and O–H groups in total. The summed E-state index contributed by atoms with van der Waals surface area (Å²) < 4.78 is 0. The normalized spacial score (nSPS) is 28.1. The van der Waals surface area contributed by atoms with Gasteiger partial charge >= 0.3 is 5.69 Å². The van der Waals surface area contributed by atoms with E-state index in [2.05, 4.69) is 20.3 Å². The highest BCUT2D eigenvalue weighted by Crippen LogP contribution is 2.44. The predicted octanol–water partition coefficient (Wildman–Crippen LogP) is 1.17. The second-order valence-corrected chi connectivity index (χ2v) is 5.95. The predicted molar refractivity (Wildman–Crippen MR) is 73.4 cm³/mol. The van der Waals surface area contributed by atoms with E-state index < -0.39 is 0 Å². The topological polar surface area (TPSA) is 90.6 Å². The number of imidazole rings is 1. The van der Waals surface area contributed by atoms with Crippen LogP contribution in [0.25, 0.3) is 11.2 Å². The van der Waals surface area contributed by atoms with Crippen molar-refractivity contribution in [1.29, 1.82) is 0 Å². The number of rotatable bonds is 2. The fraction of sp³-hybridized carbons (Fsp3) is 0.500. The highest BCUT2D eigenvalue weighted by molar-refractivity contribution is 5.96. The van der Waals surface area contributed by atoms with Crippen LogP contribution in [0, 0.1) is 11.8 Å². The summed E-state index contributed by atoms with van der Waals surface area (Å²) in [6.45, 7) is 0. The molecule has 0 spiro atoms. The van der Waals surface area contributed by atoms with Crippen molar-refractivity contribution >= 4 is 17.1 Å². The second-order valence-electron chi connectivity index (χ2n) is 5.95. The SMILES string of the molecule is O=C(NC1CC2CCC1C2)c1cnc2[nH]c(=O)[nH]c2c1. The molecule has 2 fully saturated rings. The molecular formula is C14H16N4O2. The Hall–Kier alpha value is -2.11. The molecule has 2 heterocycles. The third-order valence-electron chi connectivity index (χ3n) is 4.68. The van der Waals surface area contributed by atoms with E-state index in [0.29, 0.717) is 28.7 Å². The summed E-state index contributed by atoms with van der Waals surface area (Å²) in [4.78, 5) is 32.7. The summed E-state index contributed by atoms with van der Waals surface area (Å²) >= 11 is 0. The molecule has 2 aromatic rings. The Morgan fingerprint density at radius 2 is 2.20 bits per heavy atom. The summed E-state index contributed by atoms with van der Waals surface area (Å²) in [7, 11) is 0. The van der Waals surface area contributed by atoms with Crippen LogP contribution in [-0.4, -0.2) is 26.9 Å². The zero-order valence-electron chi connectivity index (χ0n) is 11.0. The van der Waals surface area contributed by atoms with Crippen LogP contribution in [0.2, 0.25) is 0 Å². The van der Waals surface area contributed by atoms with Crippen LogP contribution in [0.4, 0.5) is 0 Å². The van der Waals surface area contributed by atoms with Gasteiger partial charge in [0.1, 0.15) is 0 Å². The molecule has 0 aromatic carbocycles. The molecule has 3 unspecified atom stereocenters. The minimum atomic E-state index is -0.307. The van der Waals surface area contributed by atoms with Crippen LogP contribution in [0.3, 0.4) is 0 Å². The summed E-state index contributed by atoms with van der Waals surface area (Å²) in [5.41, 5.74) is 1.23. The van der Waals surface area contributed by atoms with E-state index in [4.69, 9.17) is 0 Å². The quantitative estimate of drug-likeness (QED) is 0.766. The van der Waals surface area contributed by atoms with E-state index >= 15 is 0 Å². The third kappa shape index (κ3) is 1.83. The van der Waals surface area contributed by atoms with E-state index in [-0.39, 0.29) is 11.6 Å². The molecule has 1 amide bonds. The molecule has 2 saturated carbocycles. The lowest BCUT2D eigenvalue weighted by atomic mass is 9.95. The minimum absolute atomic E-state index is 0.0981. The molecule has 2 aromatic heterocycles. The first-order valence-electron chi connectivity index (χ1n) is 7.08. The number of hydrogen-bond donors (Lipinski definition) is 3. The van der Waals surface area contributed by atoms with Gasteiger partial charge in [-0.15, -0.1) is 0 Å². The minimum Gasteiger partial charge on any atom is -0.349 e. The summed E-state index contributed by atoms with van der Waals surface area (Å²) in [6.07, 6.45) is 6.42. The number of H-pyrrole nitrogens is 2. The number of nitrogens with zero attached hydrogens (tertiary/aromatic N) is 1. The second kappa shape index (κ2) is 4.19. The van der Waals surface area contributed by atoms with Crippen molar-refractivity contribution in [3.63, 3.8) is 0 Å². The number of pyridine rings is 1. The molecule has 2 bridgehead atoms. The molecule has 2 aliphatic carbocycles. The summed E-state index contributed by atoms with van der Waals surface area (Å²) in [5.74, 6) is 1.35. The smallest absolute Gasteiger partial charge is 0.325 e. The van der Waals surface area contributed by atoms with Gasteiger partial charge < -0.3 is 10.3 Å². The Bertz CT molecular complexity index is 732. The average Bonchev–Trinajstić information content (AvgIpc) is 3.10. The number of amides is 1. The van der Waals surface area contributed by atoms with Crippen LogP contribution in [-0.2, 0) is 0 Å². The van der Waals surface area contributed by atoms with Gasteiger partial charge in [0, 0.05) is 12.2 Å². The fourth-order valence-corrected chi connectivity index (χ4v) is 3.72. The Balaban J connectivity index is 1.56. The Labute approximate surface area is 115 Å². The van der Waals surface area contributed by atoms with Crippen LogP contribution in [0.1, 0.15) is 36.0 Å². The maximum Gasteiger partial charge on any atom is 0.325 e. The lowest BCUT2D eigenvalue weighted by Gasteiger charge is -2.22. The van der Waals surface area contributed by atoms with Crippen LogP contribution in [0.5, 0.6) is 0 Å². The van der Waals surface area contributed by atoms with Gasteiger partial charge in [-0.25, -0.2) is 9.78 Å². The van der Waals surface area contributed by atoms with Crippen molar-refractivity contribution in [3.8, 4) is 0 Å². The first-order chi connectivity index (χ1) is 9.69. The average molecular weight is 272 g/mol. The van der Waals surface area contributed by atoms with Crippen molar-refractivity contribution in [3.05, 3.63) is 28.3 Å². The van der Waals surface area contributed by atoms with Crippen molar-refractivity contribution in [2.24, 2.45) is 11.8 Å². The van der Waals surface area contributed by atoms with E-state index in [1.807, 2.05) is 0 Å². The molecule has 6 nitrogen and oxygen atoms in total. The number of fused-ring (bicyclic) bond motifs is 3. The number of aromatic nitrogens is 3. The number of carbonyl (C=O) groups is 1. The molecule has 4 rings (SSSR count). The van der Waals surface area contributed by atoms with E-state index in [0.717, 1.165) is 12.3 Å². The molecule has 6 heteroatoms. The molecule has 0 radical (unpaired) electrons. The van der Waals surface area contributed by atoms with Gasteiger partial charge in [-0.3, -0.25) is 9.78 Å². The Morgan fingerprint density at radius 1 is 1.30 bits per heavy atom. The molecule has 0 saturated heterocycles. The lowest BCUT2D eigenvalue weighted by Crippen LogP contribution is -2.38. The van der Waals surface area contributed by atoms with Crippen LogP contribution >= 0.6 is 0 Å². The first kappa shape index (κ1) is 11.7. The van der Waals surface area contributed by atoms with Crippen molar-refractivity contribution in [2.75, 3.05) is 0 Å². The van der Waals surface area contributed by atoms with Gasteiger partial charge in [0.25, 0.3) is 5.91 Å². The zero-order valence-corrected chi connectivity index (χ0v) is 11.0. The van der Waals surface area contributed by atoms with Crippen molar-refractivity contribution < 1.29 is 4.79 Å². The number of hydrogen-bond acceptors (Lipinski definition) is 3. The van der Waals surface area contributed by atoms with Crippen molar-refractivity contribution in [1.82, 2.24) is 20.3 Å². The fourth-order valence-electron chi connectivity index (χ4n) is 3.72. The summed E-state index contributed by atoms with van der Waals surface area (Å²) in [5, 5.41) is 3.12. The standard InChI is InChI=1S/C14H16N4O2/c19-13(16-10-4-7-1-2-8(10)3-7)9-5-11-12(15-6-9)18-14(20)17-11/h5-8,10H,1-4H2,(H,16,19)(H2,15,17,18,20). The van der Waals surface area contributed by atoms with Gasteiger partial charge in [0.2, 0.25) is 0 Å². The molecule has 20 heavy (non-hydrogen) atoms. The maximum absolute atomic E-state index is 12.3. The van der Waals surface area contributed by atoms with Gasteiger partial charge in [-0.05, 0) is 37.2 Å². The van der Waals surface area contributed by atoms with Gasteiger partial charge in [-0.1, -0.05) is 6.42 Å². The molecular weight excluding hydrogens is 256 g/mol. The van der Waals surface area contributed by atoms with Crippen molar-refractivity contribution in [2.45, 2.75) is 31.7 Å². The van der Waals surface area contributed by atoms with Gasteiger partial charge in [0.05, 0.1) is 11.1 Å². The summed E-state index contributed by atoms with van der Waals surface area (Å²) in [6, 6.07) is 1.98. The van der Waals surface area contributed by atoms with E-state index in [9.17, 15) is 9.59 Å². The molecule has 0 aliphatic heterocycles. The maximum atomic E-state index is 12.3. The highest BCUT2D eigenvalue weighted by Gasteiger charge is 2.40. The van der Waals surface area contributed by atoms with Crippen LogP contribution < -0.4 is 11.0 Å². The highest BCUT2D eigenvalue weighted by atomic mass is 16.2. The van der Waals surface area contributed by atoms with Crippen LogP contribution in [0.15, 0.2) is 17.1 Å². The van der Waals surface area contributed by atoms with E-state index in [1.54, 1.807) is 6.07 Å². The largest absolute Gasteiger partial charge is 0.349 e. The van der Waals surface area contributed by atoms with E-state index in [1.165, 1.54) is 25.5 Å². The lowest BCUT2D eigenvalue weighted by molar-refractivity contribution is 0.0922.